The summed E-state index contributed by atoms with van der Waals surface area (Å²) >= 11 is 0. The predicted molar refractivity (Wildman–Crippen MR) is 83.9 cm³/mol. The number of benzene rings is 1. The molecule has 0 spiro atoms. The maximum atomic E-state index is 11.4. The Bertz CT molecular complexity index is 787. The lowest BCUT2D eigenvalue weighted by Crippen LogP contribution is -2.19. The molecule has 21 heavy (non-hydrogen) atoms. The Kier molecular flexibility index (Phi) is 3.44. The van der Waals surface area contributed by atoms with Crippen molar-refractivity contribution in [3.05, 3.63) is 54.4 Å². The molecule has 3 aromatic rings. The Labute approximate surface area is 123 Å². The smallest absolute Gasteiger partial charge is 0.224 e. The van der Waals surface area contributed by atoms with Gasteiger partial charge in [-0.25, -0.2) is 4.98 Å². The molecular weight excluding hydrogens is 262 g/mol. The molecule has 0 saturated carbocycles. The largest absolute Gasteiger partial charge is 0.359 e. The van der Waals surface area contributed by atoms with Crippen LogP contribution < -0.4 is 5.32 Å². The van der Waals surface area contributed by atoms with Crippen molar-refractivity contribution in [2.45, 2.75) is 6.42 Å². The molecule has 1 aromatic carbocycles. The normalized spacial score (nSPS) is 10.8. The SMILES string of the molecule is CNC(=O)Cc1ccc(-c2ccnc3c2ccn3C)cc1. The van der Waals surface area contributed by atoms with Gasteiger partial charge >= 0.3 is 0 Å². The maximum absolute atomic E-state index is 11.4. The Balaban J connectivity index is 1.97. The predicted octanol–water partition coefficient (Wildman–Crippen LogP) is 2.53. The molecule has 0 aliphatic heterocycles. The Morgan fingerprint density at radius 3 is 2.67 bits per heavy atom. The van der Waals surface area contributed by atoms with E-state index in [1.54, 1.807) is 7.05 Å². The molecule has 0 atom stereocenters. The van der Waals surface area contributed by atoms with Gasteiger partial charge in [0, 0.05) is 31.9 Å². The van der Waals surface area contributed by atoms with Gasteiger partial charge in [0.25, 0.3) is 0 Å². The molecule has 0 fully saturated rings. The second-order valence-corrected chi connectivity index (χ2v) is 5.07. The molecule has 0 bridgehead atoms. The number of aryl methyl sites for hydroxylation is 1. The van der Waals surface area contributed by atoms with Crippen LogP contribution in [0.15, 0.2) is 48.8 Å². The van der Waals surface area contributed by atoms with Crippen LogP contribution in [0.5, 0.6) is 0 Å². The quantitative estimate of drug-likeness (QED) is 0.801. The Morgan fingerprint density at radius 1 is 1.19 bits per heavy atom. The van der Waals surface area contributed by atoms with Gasteiger partial charge in [0.15, 0.2) is 0 Å². The first-order valence-electron chi connectivity index (χ1n) is 6.89. The van der Waals surface area contributed by atoms with Crippen molar-refractivity contribution in [3.63, 3.8) is 0 Å². The number of likely N-dealkylation sites (N-methyl/N-ethyl adjacent to an activating group) is 1. The summed E-state index contributed by atoms with van der Waals surface area (Å²) < 4.78 is 2.01. The zero-order valence-corrected chi connectivity index (χ0v) is 12.1. The van der Waals surface area contributed by atoms with Crippen molar-refractivity contribution in [1.82, 2.24) is 14.9 Å². The number of rotatable bonds is 3. The van der Waals surface area contributed by atoms with Gasteiger partial charge in [-0.3, -0.25) is 4.79 Å². The topological polar surface area (TPSA) is 46.9 Å². The summed E-state index contributed by atoms with van der Waals surface area (Å²) in [7, 11) is 3.64. The minimum atomic E-state index is 0.0251. The average Bonchev–Trinajstić information content (AvgIpc) is 2.90. The molecule has 0 unspecified atom stereocenters. The van der Waals surface area contributed by atoms with Crippen LogP contribution in [-0.2, 0) is 18.3 Å². The number of nitrogens with one attached hydrogen (secondary N) is 1. The van der Waals surface area contributed by atoms with Crippen LogP contribution in [0.3, 0.4) is 0 Å². The van der Waals surface area contributed by atoms with Crippen molar-refractivity contribution < 1.29 is 4.79 Å². The molecule has 0 aliphatic rings. The maximum Gasteiger partial charge on any atom is 0.224 e. The summed E-state index contributed by atoms with van der Waals surface area (Å²) in [5.41, 5.74) is 4.28. The van der Waals surface area contributed by atoms with Crippen molar-refractivity contribution in [3.8, 4) is 11.1 Å². The molecule has 0 aliphatic carbocycles. The third-order valence-electron chi connectivity index (χ3n) is 3.68. The van der Waals surface area contributed by atoms with E-state index in [1.165, 1.54) is 0 Å². The van der Waals surface area contributed by atoms with Gasteiger partial charge in [0.1, 0.15) is 5.65 Å². The van der Waals surface area contributed by atoms with E-state index in [-0.39, 0.29) is 5.91 Å². The van der Waals surface area contributed by atoms with Crippen LogP contribution in [0.25, 0.3) is 22.2 Å². The van der Waals surface area contributed by atoms with Gasteiger partial charge in [0.2, 0.25) is 5.91 Å². The molecule has 2 aromatic heterocycles. The summed E-state index contributed by atoms with van der Waals surface area (Å²) in [5, 5.41) is 3.77. The third kappa shape index (κ3) is 2.52. The Hall–Kier alpha value is -2.62. The lowest BCUT2D eigenvalue weighted by Gasteiger charge is -2.06. The number of fused-ring (bicyclic) bond motifs is 1. The lowest BCUT2D eigenvalue weighted by atomic mass is 10.0. The number of pyridine rings is 1. The summed E-state index contributed by atoms with van der Waals surface area (Å²) in [6.07, 6.45) is 4.26. The van der Waals surface area contributed by atoms with Gasteiger partial charge in [-0.2, -0.15) is 0 Å². The van der Waals surface area contributed by atoms with Crippen molar-refractivity contribution >= 4 is 16.9 Å². The molecule has 4 nitrogen and oxygen atoms in total. The van der Waals surface area contributed by atoms with Gasteiger partial charge in [-0.1, -0.05) is 24.3 Å². The van der Waals surface area contributed by atoms with Crippen LogP contribution >= 0.6 is 0 Å². The molecular formula is C17H17N3O. The zero-order valence-electron chi connectivity index (χ0n) is 12.1. The van der Waals surface area contributed by atoms with E-state index >= 15 is 0 Å². The summed E-state index contributed by atoms with van der Waals surface area (Å²) in [6, 6.07) is 12.2. The van der Waals surface area contributed by atoms with Crippen LogP contribution in [0, 0.1) is 0 Å². The highest BCUT2D eigenvalue weighted by atomic mass is 16.1. The van der Waals surface area contributed by atoms with Crippen LogP contribution in [0.1, 0.15) is 5.56 Å². The minimum absolute atomic E-state index is 0.0251. The van der Waals surface area contributed by atoms with E-state index in [9.17, 15) is 4.79 Å². The molecule has 106 valence electrons. The number of nitrogens with zero attached hydrogens (tertiary/aromatic N) is 2. The van der Waals surface area contributed by atoms with E-state index < -0.39 is 0 Å². The van der Waals surface area contributed by atoms with Gasteiger partial charge in [-0.05, 0) is 28.8 Å². The molecule has 0 saturated heterocycles. The Morgan fingerprint density at radius 2 is 1.95 bits per heavy atom. The third-order valence-corrected chi connectivity index (χ3v) is 3.68. The number of aromatic nitrogens is 2. The van der Waals surface area contributed by atoms with E-state index in [0.717, 1.165) is 27.7 Å². The molecule has 1 N–H and O–H groups in total. The zero-order chi connectivity index (χ0) is 14.8. The first kappa shape index (κ1) is 13.4. The van der Waals surface area contributed by atoms with Crippen LogP contribution in [0.2, 0.25) is 0 Å². The monoisotopic (exact) mass is 279 g/mol. The van der Waals surface area contributed by atoms with E-state index in [4.69, 9.17) is 0 Å². The summed E-state index contributed by atoms with van der Waals surface area (Å²) in [6.45, 7) is 0. The molecule has 0 radical (unpaired) electrons. The van der Waals surface area contributed by atoms with E-state index in [0.29, 0.717) is 6.42 Å². The van der Waals surface area contributed by atoms with Crippen molar-refractivity contribution in [1.29, 1.82) is 0 Å². The lowest BCUT2D eigenvalue weighted by molar-refractivity contribution is -0.119. The number of hydrogen-bond donors (Lipinski definition) is 1. The van der Waals surface area contributed by atoms with Gasteiger partial charge < -0.3 is 9.88 Å². The fourth-order valence-electron chi connectivity index (χ4n) is 2.49. The first-order valence-corrected chi connectivity index (χ1v) is 6.89. The second kappa shape index (κ2) is 5.40. The number of carbonyl (C=O) groups excluding carboxylic acids is 1. The highest BCUT2D eigenvalue weighted by Gasteiger charge is 2.07. The standard InChI is InChI=1S/C17H17N3O/c1-18-16(21)11-12-3-5-13(6-4-12)14-7-9-19-17-15(14)8-10-20(17)2/h3-10H,11H2,1-2H3,(H,18,21). The first-order chi connectivity index (χ1) is 10.2. The van der Waals surface area contributed by atoms with Crippen LogP contribution in [-0.4, -0.2) is 22.5 Å². The fraction of sp³-hybridized carbons (Fsp3) is 0.176. The van der Waals surface area contributed by atoms with Crippen LogP contribution in [0.4, 0.5) is 0 Å². The minimum Gasteiger partial charge on any atom is -0.359 e. The molecule has 2 heterocycles. The van der Waals surface area contributed by atoms with Crippen molar-refractivity contribution in [2.75, 3.05) is 7.05 Å². The number of amides is 1. The second-order valence-electron chi connectivity index (χ2n) is 5.07. The van der Waals surface area contributed by atoms with Gasteiger partial charge in [0.05, 0.1) is 6.42 Å². The summed E-state index contributed by atoms with van der Waals surface area (Å²) in [4.78, 5) is 15.8. The molecule has 3 rings (SSSR count). The van der Waals surface area contributed by atoms with E-state index in [2.05, 4.69) is 28.5 Å². The summed E-state index contributed by atoms with van der Waals surface area (Å²) in [5.74, 6) is 0.0251. The highest BCUT2D eigenvalue weighted by Crippen LogP contribution is 2.27. The van der Waals surface area contributed by atoms with Gasteiger partial charge in [-0.15, -0.1) is 0 Å². The molecule has 4 heteroatoms. The highest BCUT2D eigenvalue weighted by molar-refractivity contribution is 5.93. The average molecular weight is 279 g/mol. The fourth-order valence-corrected chi connectivity index (χ4v) is 2.49. The van der Waals surface area contributed by atoms with Crippen molar-refractivity contribution in [2.24, 2.45) is 7.05 Å². The molecule has 1 amide bonds. The number of hydrogen-bond acceptors (Lipinski definition) is 2. The number of carbonyl (C=O) groups is 1. The van der Waals surface area contributed by atoms with E-state index in [1.807, 2.05) is 42.2 Å².